The second kappa shape index (κ2) is 44.4. The van der Waals surface area contributed by atoms with Crippen molar-refractivity contribution in [3.8, 4) is 28.9 Å². The summed E-state index contributed by atoms with van der Waals surface area (Å²) in [6.07, 6.45) is 43.4. The van der Waals surface area contributed by atoms with E-state index in [1.807, 2.05) is 31.8 Å². The van der Waals surface area contributed by atoms with Gasteiger partial charge in [-0.3, -0.25) is 39.2 Å². The average molecular weight is 1800 g/mol. The van der Waals surface area contributed by atoms with E-state index in [0.29, 0.717) is 47.5 Å². The van der Waals surface area contributed by atoms with Gasteiger partial charge in [-0.1, -0.05) is 6.08 Å². The van der Waals surface area contributed by atoms with Gasteiger partial charge in [0.05, 0.1) is 128 Å². The van der Waals surface area contributed by atoms with Crippen LogP contribution in [0.25, 0.3) is 49.7 Å². The molecule has 3 N–H and O–H groups in total. The highest BCUT2D eigenvalue weighted by Gasteiger charge is 2.32. The lowest BCUT2D eigenvalue weighted by Gasteiger charge is -2.31. The fourth-order valence-electron chi connectivity index (χ4n) is 18.9. The van der Waals surface area contributed by atoms with E-state index in [1.54, 1.807) is 74.3 Å². The Labute approximate surface area is 768 Å². The first-order chi connectivity index (χ1) is 64.1. The van der Waals surface area contributed by atoms with E-state index in [4.69, 9.17) is 48.4 Å². The summed E-state index contributed by atoms with van der Waals surface area (Å²) in [6.45, 7) is 17.2. The maximum absolute atomic E-state index is 11.9. The molecule has 4 saturated carbocycles. The zero-order valence-electron chi connectivity index (χ0n) is 75.8. The van der Waals surface area contributed by atoms with E-state index in [0.717, 1.165) is 314 Å². The fourth-order valence-corrected chi connectivity index (χ4v) is 19.8. The second-order valence-corrected chi connectivity index (χ2v) is 36.5. The zero-order chi connectivity index (χ0) is 89.8. The van der Waals surface area contributed by atoms with Gasteiger partial charge in [-0.2, -0.15) is 5.10 Å². The minimum atomic E-state index is -0.459. The van der Waals surface area contributed by atoms with Crippen LogP contribution < -0.4 is 49.4 Å². The first kappa shape index (κ1) is 91.1. The molecule has 0 unspecified atom stereocenters. The molecule has 0 atom stereocenters. The van der Waals surface area contributed by atoms with E-state index in [2.05, 4.69) is 158 Å². The highest BCUT2D eigenvalue weighted by molar-refractivity contribution is 7.09. The van der Waals surface area contributed by atoms with Crippen LogP contribution >= 0.6 is 11.3 Å². The first-order valence-electron chi connectivity index (χ1n) is 46.8. The van der Waals surface area contributed by atoms with Gasteiger partial charge in [0.25, 0.3) is 11.8 Å². The van der Waals surface area contributed by atoms with Crippen LogP contribution in [0.2, 0.25) is 0 Å². The number of hydrogen-bond donors (Lipinski definition) is 2. The molecule has 0 bridgehead atoms. The van der Waals surface area contributed by atoms with E-state index >= 15 is 0 Å². The van der Waals surface area contributed by atoms with Crippen LogP contribution in [-0.4, -0.2) is 216 Å². The van der Waals surface area contributed by atoms with Crippen molar-refractivity contribution in [3.63, 3.8) is 0 Å². The number of ether oxygens (including phenoxy) is 9. The Hall–Kier alpha value is -11.8. The number of nitrogens with two attached hydrogens (primary N) is 1. The predicted octanol–water partition coefficient (Wildman–Crippen LogP) is 14.9. The van der Waals surface area contributed by atoms with Crippen molar-refractivity contribution < 1.29 is 52.2 Å². The molecule has 4 aromatic carbocycles. The summed E-state index contributed by atoms with van der Waals surface area (Å²) in [7, 11) is 3.62. The number of benzene rings is 4. The van der Waals surface area contributed by atoms with Gasteiger partial charge in [-0.05, 0) is 226 Å². The zero-order valence-corrected chi connectivity index (χ0v) is 76.6. The van der Waals surface area contributed by atoms with Crippen LogP contribution in [0.1, 0.15) is 177 Å². The van der Waals surface area contributed by atoms with Gasteiger partial charge in [-0.15, -0.1) is 11.3 Å². The number of nitrogens with zero attached hydrogens (tertiary/aromatic N) is 18. The van der Waals surface area contributed by atoms with Crippen LogP contribution in [0, 0.1) is 30.6 Å². The summed E-state index contributed by atoms with van der Waals surface area (Å²) in [6, 6.07) is 20.9. The van der Waals surface area contributed by atoms with Crippen LogP contribution in [0.4, 0.5) is 17.1 Å². The number of nitrogens with one attached hydrogen (secondary N) is 1. The van der Waals surface area contributed by atoms with Crippen LogP contribution in [0.5, 0.6) is 28.9 Å². The van der Waals surface area contributed by atoms with Crippen molar-refractivity contribution in [2.45, 2.75) is 186 Å². The molecule has 31 nitrogen and oxygen atoms in total. The molecule has 12 aromatic rings. The summed E-state index contributed by atoms with van der Waals surface area (Å²) >= 11 is 1.52. The summed E-state index contributed by atoms with van der Waals surface area (Å²) in [5, 5.41) is 9.99. The number of primary amides is 1. The third kappa shape index (κ3) is 24.5. The van der Waals surface area contributed by atoms with Gasteiger partial charge in [0.1, 0.15) is 62.8 Å². The molecular formula is C99H120N20O11S. The predicted molar refractivity (Wildman–Crippen MR) is 503 cm³/mol. The lowest BCUT2D eigenvalue weighted by Crippen LogP contribution is -2.36. The molecule has 4 aliphatic carbocycles. The number of anilines is 3. The Balaban J connectivity index is 0.000000122. The normalized spacial score (nSPS) is 21.3. The van der Waals surface area contributed by atoms with Crippen molar-refractivity contribution in [2.75, 3.05) is 114 Å². The third-order valence-electron chi connectivity index (χ3n) is 26.0. The summed E-state index contributed by atoms with van der Waals surface area (Å²) < 4.78 is 55.8. The topological polar surface area (TPSA) is 350 Å². The van der Waals surface area contributed by atoms with E-state index in [-0.39, 0.29) is 36.4 Å². The number of carbonyl (C=O) groups is 2. The molecular weight excluding hydrogens is 1680 g/mol. The lowest BCUT2D eigenvalue weighted by molar-refractivity contribution is 0.0956. The van der Waals surface area contributed by atoms with Crippen molar-refractivity contribution in [1.29, 1.82) is 0 Å². The Morgan fingerprint density at radius 2 is 0.893 bits per heavy atom. The number of fused-ring (bicyclic) bond motifs is 4. The largest absolute Gasteiger partial charge is 0.488 e. The molecule has 2 amide bonds. The number of thiazole rings is 1. The molecule has 12 heterocycles. The lowest BCUT2D eigenvalue weighted by atomic mass is 9.84. The number of hydrogen-bond acceptors (Lipinski definition) is 29. The molecule has 4 aliphatic heterocycles. The summed E-state index contributed by atoms with van der Waals surface area (Å²) in [5.41, 5.74) is 23.0. The Morgan fingerprint density at radius 3 is 1.31 bits per heavy atom. The van der Waals surface area contributed by atoms with Gasteiger partial charge in [0, 0.05) is 168 Å². The highest BCUT2D eigenvalue weighted by atomic mass is 32.1. The van der Waals surface area contributed by atoms with Gasteiger partial charge < -0.3 is 68.4 Å². The minimum Gasteiger partial charge on any atom is -0.488 e. The molecule has 32 heteroatoms. The van der Waals surface area contributed by atoms with Crippen LogP contribution in [0.3, 0.4) is 0 Å². The molecule has 131 heavy (non-hydrogen) atoms. The summed E-state index contributed by atoms with van der Waals surface area (Å²) in [4.78, 5) is 88.3. The monoisotopic (exact) mass is 1800 g/mol. The van der Waals surface area contributed by atoms with Crippen LogP contribution in [0.15, 0.2) is 140 Å². The Morgan fingerprint density at radius 1 is 0.466 bits per heavy atom. The average Bonchev–Trinajstić information content (AvgIpc) is 1.24. The standard InChI is InChI=1S/C26H33N5O3.C26H29N5O3.C24H31N5O2.C23H27N5O3S/c1-18(2)33-25-17-27-16-20(30-25)13-19-3-5-22(6-4-19)34-24-15-21(31-9-11-32-12-10-31)14-23-26(24)29-8-7-28-23;1-27-26(32)23-15-20(30-16-31-23)12-17-2-4-21(5-3-17)34-24-14-19(18-6-10-33-11-7-18)13-22-25(24)29-9-8-28-22;1-17-13-19(27-28(17)2)14-18-3-5-21(6-4-18)31-23-16-20(29-9-11-30-12-10-29)15-22-24(23)26-8-7-25-22;24-23(29)19-14-32-21(27-19)11-15-1-3-17(4-2-15)31-20-13-16(28-7-9-30-10-8-28)12-18-22(20)26-6-5-25-18/h7-8,14-19,22H,3-6,9-13H2,1-2H3;6,8-9,13-17,21H,2-5,7,10-12H2,1H3,(H,27,32);7-8,13,15-16,18,21H,3-6,9-12,14H2,1-2H3;5-6,12-15,17H,1-4,7-11H2,(H2,24,29). The highest BCUT2D eigenvalue weighted by Crippen LogP contribution is 2.41. The number of aromatic nitrogens is 15. The maximum Gasteiger partial charge on any atom is 0.269 e. The van der Waals surface area contributed by atoms with Crippen molar-refractivity contribution in [1.82, 2.24) is 79.9 Å². The van der Waals surface area contributed by atoms with Crippen molar-refractivity contribution in [2.24, 2.45) is 36.5 Å². The van der Waals surface area contributed by atoms with Gasteiger partial charge in [-0.25, -0.2) is 39.9 Å². The van der Waals surface area contributed by atoms with E-state index in [1.165, 1.54) is 47.5 Å². The fraction of sp³-hybridized carbons (Fsp3) is 0.495. The van der Waals surface area contributed by atoms with Gasteiger partial charge in [0.15, 0.2) is 0 Å². The number of carbonyl (C=O) groups excluding carboxylic acids is 2. The quantitative estimate of drug-likeness (QED) is 0.0567. The van der Waals surface area contributed by atoms with E-state index < -0.39 is 5.91 Å². The number of rotatable bonds is 24. The van der Waals surface area contributed by atoms with Crippen molar-refractivity contribution in [3.05, 3.63) is 185 Å². The van der Waals surface area contributed by atoms with Gasteiger partial charge in [0.2, 0.25) is 5.88 Å². The molecule has 3 saturated heterocycles. The molecule has 688 valence electrons. The Bertz CT molecular complexity index is 5820. The molecule has 8 aromatic heterocycles. The first-order valence-corrected chi connectivity index (χ1v) is 47.7. The van der Waals surface area contributed by atoms with Gasteiger partial charge >= 0.3 is 0 Å². The number of amides is 2. The maximum atomic E-state index is 11.9. The third-order valence-corrected chi connectivity index (χ3v) is 26.9. The SMILES string of the molecule is CC(C)Oc1cncc(CC2CCC(Oc3cc(N4CCOCC4)cc4nccnc34)CC2)n1.CNC(=O)c1cc(CC2CCC(Oc3cc(C4=CCOCC4)cc4nccnc34)CC2)ncn1.Cc1cc(CC2CCC(Oc3cc(N4CCOCC4)cc4nccnc34)CC2)nn1C.NC(=O)c1csc(CC2CCC(Oc3cc(N4CCOCC4)cc4nccnc34)CC2)n1. The van der Waals surface area contributed by atoms with Crippen molar-refractivity contribution >= 4 is 89.9 Å². The minimum absolute atomic E-state index is 0.0969. The van der Waals surface area contributed by atoms with E-state index in [9.17, 15) is 9.59 Å². The summed E-state index contributed by atoms with van der Waals surface area (Å²) in [5.74, 6) is 5.61. The number of morpholine rings is 3. The Kier molecular flexibility index (Phi) is 30.9. The molecule has 0 spiro atoms. The van der Waals surface area contributed by atoms with Crippen LogP contribution in [-0.2, 0) is 51.7 Å². The molecule has 8 aliphatic rings. The molecule has 7 fully saturated rings. The molecule has 0 radical (unpaired) electrons. The smallest absolute Gasteiger partial charge is 0.269 e. The number of aryl methyl sites for hydroxylation is 2. The second-order valence-electron chi connectivity index (χ2n) is 35.6. The molecule has 20 rings (SSSR count).